The van der Waals surface area contributed by atoms with Crippen LogP contribution in [0.3, 0.4) is 0 Å². The molecule has 3 rings (SSSR count). The van der Waals surface area contributed by atoms with Crippen molar-refractivity contribution in [3.05, 3.63) is 35.6 Å². The van der Waals surface area contributed by atoms with Gasteiger partial charge in [0.2, 0.25) is 11.8 Å². The Labute approximate surface area is 178 Å². The molecule has 2 saturated heterocycles. The predicted octanol–water partition coefficient (Wildman–Crippen LogP) is 2.08. The van der Waals surface area contributed by atoms with E-state index >= 15 is 0 Å². The van der Waals surface area contributed by atoms with Crippen LogP contribution in [0.4, 0.5) is 4.39 Å². The first kappa shape index (κ1) is 22.7. The van der Waals surface area contributed by atoms with E-state index in [1.165, 1.54) is 12.1 Å². The topological polar surface area (TPSA) is 61.9 Å². The minimum atomic E-state index is -0.308. The van der Waals surface area contributed by atoms with Crippen molar-refractivity contribution in [2.75, 3.05) is 45.9 Å². The van der Waals surface area contributed by atoms with Gasteiger partial charge in [-0.2, -0.15) is 0 Å². The molecule has 7 heteroatoms. The number of hydrogen-bond acceptors (Lipinski definition) is 4. The van der Waals surface area contributed by atoms with Gasteiger partial charge in [0.25, 0.3) is 0 Å². The van der Waals surface area contributed by atoms with Gasteiger partial charge in [-0.15, -0.1) is 0 Å². The molecular formula is C23H34FN3O3. The van der Waals surface area contributed by atoms with Gasteiger partial charge in [0.15, 0.2) is 0 Å². The van der Waals surface area contributed by atoms with Crippen molar-refractivity contribution in [1.82, 2.24) is 15.1 Å². The number of hydrogen-bond donors (Lipinski definition) is 1. The molecule has 0 radical (unpaired) electrons. The van der Waals surface area contributed by atoms with Crippen LogP contribution in [0.1, 0.15) is 32.3 Å². The summed E-state index contributed by atoms with van der Waals surface area (Å²) < 4.78 is 18.5. The summed E-state index contributed by atoms with van der Waals surface area (Å²) in [6, 6.07) is 6.30. The minimum Gasteiger partial charge on any atom is -0.379 e. The molecule has 2 fully saturated rings. The largest absolute Gasteiger partial charge is 0.379 e. The van der Waals surface area contributed by atoms with Crippen molar-refractivity contribution >= 4 is 11.8 Å². The molecule has 2 aliphatic rings. The van der Waals surface area contributed by atoms with E-state index in [-0.39, 0.29) is 36.0 Å². The zero-order valence-corrected chi connectivity index (χ0v) is 18.1. The van der Waals surface area contributed by atoms with E-state index in [4.69, 9.17) is 4.74 Å². The van der Waals surface area contributed by atoms with Gasteiger partial charge in [-0.05, 0) is 36.5 Å². The molecule has 2 atom stereocenters. The molecule has 0 aromatic heterocycles. The maximum Gasteiger partial charge on any atom is 0.227 e. The summed E-state index contributed by atoms with van der Waals surface area (Å²) in [7, 11) is 0. The lowest BCUT2D eigenvalue weighted by molar-refractivity contribution is -0.135. The van der Waals surface area contributed by atoms with Gasteiger partial charge in [-0.1, -0.05) is 26.0 Å². The second-order valence-corrected chi connectivity index (χ2v) is 8.69. The molecule has 6 nitrogen and oxygen atoms in total. The third-order valence-electron chi connectivity index (χ3n) is 6.18. The van der Waals surface area contributed by atoms with E-state index in [2.05, 4.69) is 24.1 Å². The molecule has 0 aliphatic carbocycles. The fraction of sp³-hybridized carbons (Fsp3) is 0.652. The van der Waals surface area contributed by atoms with E-state index in [1.54, 1.807) is 17.0 Å². The lowest BCUT2D eigenvalue weighted by Crippen LogP contribution is -2.53. The molecule has 1 aromatic carbocycles. The highest BCUT2D eigenvalue weighted by Crippen LogP contribution is 2.19. The Bertz CT molecular complexity index is 704. The Morgan fingerprint density at radius 1 is 1.17 bits per heavy atom. The molecule has 2 amide bonds. The minimum absolute atomic E-state index is 0.00696. The number of halogens is 1. The van der Waals surface area contributed by atoms with Crippen molar-refractivity contribution in [2.24, 2.45) is 11.8 Å². The predicted molar refractivity (Wildman–Crippen MR) is 113 cm³/mol. The highest BCUT2D eigenvalue weighted by Gasteiger charge is 2.30. The molecule has 0 saturated carbocycles. The van der Waals surface area contributed by atoms with E-state index in [1.807, 2.05) is 0 Å². The second kappa shape index (κ2) is 10.9. The van der Waals surface area contributed by atoms with Crippen molar-refractivity contribution in [1.29, 1.82) is 0 Å². The summed E-state index contributed by atoms with van der Waals surface area (Å²) in [6.07, 6.45) is 1.86. The van der Waals surface area contributed by atoms with E-state index in [0.717, 1.165) is 44.7 Å². The molecular weight excluding hydrogens is 385 g/mol. The van der Waals surface area contributed by atoms with Crippen LogP contribution in [0.2, 0.25) is 0 Å². The van der Waals surface area contributed by atoms with Gasteiger partial charge in [-0.25, -0.2) is 4.39 Å². The molecule has 0 bridgehead atoms. The highest BCUT2D eigenvalue weighted by molar-refractivity contribution is 5.82. The number of morpholine rings is 1. The maximum absolute atomic E-state index is 13.1. The Morgan fingerprint density at radius 3 is 2.53 bits per heavy atom. The third-order valence-corrected chi connectivity index (χ3v) is 6.18. The van der Waals surface area contributed by atoms with Gasteiger partial charge in [0.1, 0.15) is 5.82 Å². The fourth-order valence-electron chi connectivity index (χ4n) is 4.35. The molecule has 1 N–H and O–H groups in total. The van der Waals surface area contributed by atoms with Crippen LogP contribution < -0.4 is 5.32 Å². The van der Waals surface area contributed by atoms with E-state index < -0.39 is 0 Å². The van der Waals surface area contributed by atoms with E-state index in [0.29, 0.717) is 25.6 Å². The molecule has 0 spiro atoms. The molecule has 166 valence electrons. The van der Waals surface area contributed by atoms with Crippen molar-refractivity contribution in [3.8, 4) is 0 Å². The van der Waals surface area contributed by atoms with Crippen LogP contribution in [-0.2, 0) is 20.7 Å². The van der Waals surface area contributed by atoms with Crippen LogP contribution in [0, 0.1) is 17.7 Å². The number of rotatable bonds is 7. The number of amides is 2. The molecule has 2 heterocycles. The van der Waals surface area contributed by atoms with Gasteiger partial charge >= 0.3 is 0 Å². The molecule has 0 unspecified atom stereocenters. The summed E-state index contributed by atoms with van der Waals surface area (Å²) in [6.45, 7) is 9.39. The Hall–Kier alpha value is -1.99. The Morgan fingerprint density at radius 2 is 1.87 bits per heavy atom. The Balaban J connectivity index is 1.50. The quantitative estimate of drug-likeness (QED) is 0.735. The zero-order valence-electron chi connectivity index (χ0n) is 18.1. The third kappa shape index (κ3) is 6.25. The number of nitrogens with zero attached hydrogens (tertiary/aromatic N) is 2. The first-order chi connectivity index (χ1) is 14.4. The number of carbonyl (C=O) groups excluding carboxylic acids is 2. The van der Waals surface area contributed by atoms with Crippen LogP contribution >= 0.6 is 0 Å². The average Bonchev–Trinajstić information content (AvgIpc) is 2.76. The van der Waals surface area contributed by atoms with Gasteiger partial charge in [0.05, 0.1) is 25.6 Å². The average molecular weight is 420 g/mol. The van der Waals surface area contributed by atoms with Gasteiger partial charge in [0, 0.05) is 38.8 Å². The van der Waals surface area contributed by atoms with Crippen LogP contribution in [0.5, 0.6) is 0 Å². The summed E-state index contributed by atoms with van der Waals surface area (Å²) in [5, 5.41) is 3.15. The Kier molecular flexibility index (Phi) is 8.22. The number of carbonyl (C=O) groups is 2. The normalized spacial score (nSPS) is 21.5. The first-order valence-electron chi connectivity index (χ1n) is 11.1. The van der Waals surface area contributed by atoms with Gasteiger partial charge in [-0.3, -0.25) is 14.5 Å². The van der Waals surface area contributed by atoms with Crippen LogP contribution in [0.15, 0.2) is 24.3 Å². The monoisotopic (exact) mass is 419 g/mol. The van der Waals surface area contributed by atoms with E-state index in [9.17, 15) is 14.0 Å². The lowest BCUT2D eigenvalue weighted by atomic mass is 9.95. The summed E-state index contributed by atoms with van der Waals surface area (Å²) in [4.78, 5) is 29.7. The number of nitrogens with one attached hydrogen (secondary N) is 1. The second-order valence-electron chi connectivity index (χ2n) is 8.69. The highest BCUT2D eigenvalue weighted by atomic mass is 19.1. The molecule has 30 heavy (non-hydrogen) atoms. The first-order valence-corrected chi connectivity index (χ1v) is 11.1. The lowest BCUT2D eigenvalue weighted by Gasteiger charge is -2.37. The van der Waals surface area contributed by atoms with Crippen molar-refractivity contribution < 1.29 is 18.7 Å². The summed E-state index contributed by atoms with van der Waals surface area (Å²) in [5.41, 5.74) is 0.790. The number of ether oxygens (including phenoxy) is 1. The summed E-state index contributed by atoms with van der Waals surface area (Å²) in [5.74, 6) is -0.0182. The zero-order chi connectivity index (χ0) is 21.5. The van der Waals surface area contributed by atoms with Crippen LogP contribution in [0.25, 0.3) is 0 Å². The number of benzene rings is 1. The number of likely N-dealkylation sites (tertiary alicyclic amines) is 1. The van der Waals surface area contributed by atoms with Crippen molar-refractivity contribution in [2.45, 2.75) is 39.2 Å². The summed E-state index contributed by atoms with van der Waals surface area (Å²) >= 11 is 0. The van der Waals surface area contributed by atoms with Crippen molar-refractivity contribution in [3.63, 3.8) is 0 Å². The van der Waals surface area contributed by atoms with Gasteiger partial charge < -0.3 is 15.0 Å². The fourth-order valence-corrected chi connectivity index (χ4v) is 4.35. The maximum atomic E-state index is 13.1. The standard InChI is InChI=1S/C23H34FN3O3/c1-17(2)21(26-10-12-30-13-11-26)15-25-23(29)19-4-3-9-27(16-19)22(28)14-18-5-7-20(24)8-6-18/h5-8,17,19,21H,3-4,9-16H2,1-2H3,(H,25,29)/t19-,21+/m1/s1. The number of piperidine rings is 1. The molecule has 1 aromatic rings. The SMILES string of the molecule is CC(C)[C@H](CNC(=O)[C@@H]1CCCN(C(=O)Cc2ccc(F)cc2)C1)N1CCOCC1. The molecule has 2 aliphatic heterocycles. The smallest absolute Gasteiger partial charge is 0.227 e. The van der Waals surface area contributed by atoms with Crippen LogP contribution in [-0.4, -0.2) is 73.6 Å².